The van der Waals surface area contributed by atoms with Crippen molar-refractivity contribution in [3.8, 4) is 0 Å². The van der Waals surface area contributed by atoms with E-state index < -0.39 is 23.7 Å². The molecular formula is C25H27FN4O3S. The third kappa shape index (κ3) is 6.71. The van der Waals surface area contributed by atoms with Crippen LogP contribution < -0.4 is 15.5 Å². The molecular weight excluding hydrogens is 455 g/mol. The molecule has 3 rings (SSSR count). The summed E-state index contributed by atoms with van der Waals surface area (Å²) in [6.07, 6.45) is 1.37. The quantitative estimate of drug-likeness (QED) is 0.466. The molecule has 7 nitrogen and oxygen atoms in total. The van der Waals surface area contributed by atoms with E-state index in [9.17, 15) is 18.8 Å². The normalized spacial score (nSPS) is 11.7. The predicted molar refractivity (Wildman–Crippen MR) is 131 cm³/mol. The van der Waals surface area contributed by atoms with Crippen LogP contribution in [0.4, 0.5) is 15.2 Å². The highest BCUT2D eigenvalue weighted by atomic mass is 32.1. The van der Waals surface area contributed by atoms with Crippen LogP contribution >= 0.6 is 11.3 Å². The molecule has 0 unspecified atom stereocenters. The summed E-state index contributed by atoms with van der Waals surface area (Å²) in [5.41, 5.74) is 1.87. The summed E-state index contributed by atoms with van der Waals surface area (Å²) in [4.78, 5) is 44.6. The second-order valence-corrected chi connectivity index (χ2v) is 9.00. The lowest BCUT2D eigenvalue weighted by atomic mass is 10.0. The van der Waals surface area contributed by atoms with Crippen LogP contribution in [0.1, 0.15) is 43.9 Å². The van der Waals surface area contributed by atoms with Crippen LogP contribution in [0.15, 0.2) is 60.1 Å². The van der Waals surface area contributed by atoms with E-state index >= 15 is 0 Å². The second-order valence-electron chi connectivity index (χ2n) is 8.11. The Kier molecular flexibility index (Phi) is 8.48. The van der Waals surface area contributed by atoms with Crippen LogP contribution in [0.25, 0.3) is 0 Å². The van der Waals surface area contributed by atoms with Gasteiger partial charge in [-0.25, -0.2) is 9.37 Å². The Bertz CT molecular complexity index is 1130. The number of aromatic nitrogens is 1. The van der Waals surface area contributed by atoms with E-state index in [0.29, 0.717) is 16.4 Å². The molecule has 2 aromatic carbocycles. The smallest absolute Gasteiger partial charge is 0.248 e. The average Bonchev–Trinajstić information content (AvgIpc) is 3.29. The first-order valence-electron chi connectivity index (χ1n) is 10.9. The van der Waals surface area contributed by atoms with Gasteiger partial charge in [0.15, 0.2) is 5.13 Å². The van der Waals surface area contributed by atoms with Gasteiger partial charge in [0.25, 0.3) is 0 Å². The van der Waals surface area contributed by atoms with Gasteiger partial charge in [-0.2, -0.15) is 0 Å². The second kappa shape index (κ2) is 11.5. The highest BCUT2D eigenvalue weighted by molar-refractivity contribution is 7.13. The largest absolute Gasteiger partial charge is 0.352 e. The van der Waals surface area contributed by atoms with Crippen LogP contribution in [0.5, 0.6) is 0 Å². The molecule has 1 heterocycles. The summed E-state index contributed by atoms with van der Waals surface area (Å²) in [5.74, 6) is -1.60. The fourth-order valence-corrected chi connectivity index (χ4v) is 3.99. The molecule has 3 amide bonds. The molecule has 34 heavy (non-hydrogen) atoms. The monoisotopic (exact) mass is 482 g/mol. The molecule has 178 valence electrons. The fraction of sp³-hybridized carbons (Fsp3) is 0.280. The maximum Gasteiger partial charge on any atom is 0.248 e. The number of nitrogens with one attached hydrogen (secondary N) is 2. The molecule has 1 atom stereocenters. The predicted octanol–water partition coefficient (Wildman–Crippen LogP) is 4.61. The molecule has 0 bridgehead atoms. The molecule has 0 saturated carbocycles. The van der Waals surface area contributed by atoms with Gasteiger partial charge in [-0.05, 0) is 56.2 Å². The number of nitrogens with zero attached hydrogens (tertiary/aromatic N) is 2. The molecule has 0 aliphatic heterocycles. The number of hydrogen-bond acceptors (Lipinski definition) is 5. The Morgan fingerprint density at radius 2 is 1.82 bits per heavy atom. The summed E-state index contributed by atoms with van der Waals surface area (Å²) in [6, 6.07) is 11.5. The van der Waals surface area contributed by atoms with Gasteiger partial charge in [-0.3, -0.25) is 19.3 Å². The Morgan fingerprint density at radius 3 is 2.44 bits per heavy atom. The summed E-state index contributed by atoms with van der Waals surface area (Å²) in [7, 11) is 0. The van der Waals surface area contributed by atoms with Crippen LogP contribution in [0, 0.1) is 12.7 Å². The number of carbonyl (C=O) groups is 3. The zero-order chi connectivity index (χ0) is 24.7. The van der Waals surface area contributed by atoms with E-state index in [4.69, 9.17) is 0 Å². The molecule has 0 fully saturated rings. The highest BCUT2D eigenvalue weighted by Gasteiger charge is 2.33. The van der Waals surface area contributed by atoms with Crippen molar-refractivity contribution in [1.82, 2.24) is 10.3 Å². The first-order valence-corrected chi connectivity index (χ1v) is 11.8. The number of halogens is 1. The van der Waals surface area contributed by atoms with Gasteiger partial charge in [0.2, 0.25) is 17.7 Å². The molecule has 9 heteroatoms. The fourth-order valence-electron chi connectivity index (χ4n) is 3.45. The maximum absolute atomic E-state index is 13.6. The van der Waals surface area contributed by atoms with Crippen molar-refractivity contribution in [2.24, 2.45) is 0 Å². The van der Waals surface area contributed by atoms with Gasteiger partial charge in [0, 0.05) is 36.1 Å². The number of anilines is 2. The molecule has 0 aliphatic carbocycles. The van der Waals surface area contributed by atoms with Crippen molar-refractivity contribution in [2.75, 3.05) is 10.2 Å². The van der Waals surface area contributed by atoms with Crippen molar-refractivity contribution in [2.45, 2.75) is 45.7 Å². The number of hydrogen-bond donors (Lipinski definition) is 2. The molecule has 1 aromatic heterocycles. The van der Waals surface area contributed by atoms with Crippen molar-refractivity contribution in [3.63, 3.8) is 0 Å². The van der Waals surface area contributed by atoms with E-state index in [1.54, 1.807) is 29.8 Å². The molecule has 0 radical (unpaired) electrons. The number of amides is 3. The van der Waals surface area contributed by atoms with E-state index in [0.717, 1.165) is 5.56 Å². The summed E-state index contributed by atoms with van der Waals surface area (Å²) >= 11 is 1.28. The zero-order valence-corrected chi connectivity index (χ0v) is 20.1. The van der Waals surface area contributed by atoms with Crippen molar-refractivity contribution in [1.29, 1.82) is 0 Å². The highest BCUT2D eigenvalue weighted by Crippen LogP contribution is 2.30. The van der Waals surface area contributed by atoms with Gasteiger partial charge >= 0.3 is 0 Å². The van der Waals surface area contributed by atoms with E-state index in [1.165, 1.54) is 40.5 Å². The molecule has 0 aliphatic rings. The number of aryl methyl sites for hydroxylation is 1. The first-order chi connectivity index (χ1) is 16.2. The summed E-state index contributed by atoms with van der Waals surface area (Å²) < 4.78 is 13.6. The summed E-state index contributed by atoms with van der Waals surface area (Å²) in [6.45, 7) is 5.53. The van der Waals surface area contributed by atoms with Crippen molar-refractivity contribution < 1.29 is 18.8 Å². The third-order valence-electron chi connectivity index (χ3n) is 4.92. The van der Waals surface area contributed by atoms with Gasteiger partial charge in [-0.15, -0.1) is 11.3 Å². The van der Waals surface area contributed by atoms with E-state index in [2.05, 4.69) is 15.6 Å². The molecule has 0 saturated heterocycles. The van der Waals surface area contributed by atoms with Crippen molar-refractivity contribution in [3.05, 3.63) is 77.1 Å². The van der Waals surface area contributed by atoms with E-state index in [-0.39, 0.29) is 24.8 Å². The maximum atomic E-state index is 13.6. The van der Waals surface area contributed by atoms with Crippen LogP contribution in [0.3, 0.4) is 0 Å². The van der Waals surface area contributed by atoms with E-state index in [1.807, 2.05) is 26.8 Å². The Morgan fingerprint density at radius 1 is 1.09 bits per heavy atom. The lowest BCUT2D eigenvalue weighted by Crippen LogP contribution is -2.46. The number of benzene rings is 2. The Labute approximate surface area is 202 Å². The SMILES string of the molecule is Cc1cccc(N(C(=O)CCC(=O)Nc2nccs2)[C@H](C(=O)NC(C)C)c2ccc(F)cc2)c1. The summed E-state index contributed by atoms with van der Waals surface area (Å²) in [5, 5.41) is 7.70. The minimum Gasteiger partial charge on any atom is -0.352 e. The van der Waals surface area contributed by atoms with Gasteiger partial charge in [0.1, 0.15) is 11.9 Å². The van der Waals surface area contributed by atoms with Crippen LogP contribution in [0.2, 0.25) is 0 Å². The minimum absolute atomic E-state index is 0.0807. The third-order valence-corrected chi connectivity index (χ3v) is 5.60. The lowest BCUT2D eigenvalue weighted by Gasteiger charge is -2.32. The molecule has 0 spiro atoms. The molecule has 3 aromatic rings. The number of rotatable bonds is 9. The van der Waals surface area contributed by atoms with Crippen LogP contribution in [-0.4, -0.2) is 28.7 Å². The number of carbonyl (C=O) groups excluding carboxylic acids is 3. The van der Waals surface area contributed by atoms with Crippen LogP contribution in [-0.2, 0) is 14.4 Å². The minimum atomic E-state index is -1.04. The Balaban J connectivity index is 1.94. The topological polar surface area (TPSA) is 91.4 Å². The molecule has 2 N–H and O–H groups in total. The zero-order valence-electron chi connectivity index (χ0n) is 19.2. The van der Waals surface area contributed by atoms with Gasteiger partial charge in [-0.1, -0.05) is 24.3 Å². The van der Waals surface area contributed by atoms with Gasteiger partial charge in [0.05, 0.1) is 0 Å². The standard InChI is InChI=1S/C25H27FN4O3S/c1-16(2)28-24(33)23(18-7-9-19(26)10-8-18)30(20-6-4-5-17(3)15-20)22(32)12-11-21(31)29-25-27-13-14-34-25/h4-10,13-16,23H,11-12H2,1-3H3,(H,28,33)(H,27,29,31)/t23-/m0/s1. The lowest BCUT2D eigenvalue weighted by molar-refractivity contribution is -0.127. The Hall–Kier alpha value is -3.59. The van der Waals surface area contributed by atoms with Gasteiger partial charge < -0.3 is 10.6 Å². The number of thiazole rings is 1. The van der Waals surface area contributed by atoms with Crippen molar-refractivity contribution >= 4 is 39.9 Å². The first kappa shape index (κ1) is 25.0. The average molecular weight is 483 g/mol.